The zero-order valence-corrected chi connectivity index (χ0v) is 16.1. The summed E-state index contributed by atoms with van der Waals surface area (Å²) >= 11 is 1.69. The summed E-state index contributed by atoms with van der Waals surface area (Å²) in [5.74, 6) is -0.145. The van der Waals surface area contributed by atoms with Gasteiger partial charge in [0.2, 0.25) is 11.8 Å². The van der Waals surface area contributed by atoms with Gasteiger partial charge >= 0.3 is 0 Å². The fourth-order valence-electron chi connectivity index (χ4n) is 3.12. The molecule has 0 aliphatic carbocycles. The van der Waals surface area contributed by atoms with Crippen molar-refractivity contribution < 1.29 is 9.59 Å². The number of carbonyl (C=O) groups excluding carboxylic acids is 2. The number of piperazine rings is 1. The zero-order valence-electron chi connectivity index (χ0n) is 15.3. The highest BCUT2D eigenvalue weighted by molar-refractivity contribution is 7.09. The van der Waals surface area contributed by atoms with Crippen LogP contribution in [0.2, 0.25) is 0 Å². The second kappa shape index (κ2) is 10.0. The largest absolute Gasteiger partial charge is 0.356 e. The number of carbonyl (C=O) groups is 2. The van der Waals surface area contributed by atoms with Crippen molar-refractivity contribution in [2.75, 3.05) is 26.2 Å². The molecule has 1 saturated heterocycles. The Morgan fingerprint density at radius 2 is 2.11 bits per heavy atom. The SMILES string of the molecule is O=C(CC1C(=O)NCCN1C/C=C/c1ccccc1)NCCc1cccs1. The quantitative estimate of drug-likeness (QED) is 0.735. The van der Waals surface area contributed by atoms with Gasteiger partial charge in [-0.3, -0.25) is 14.5 Å². The van der Waals surface area contributed by atoms with Gasteiger partial charge in [-0.1, -0.05) is 48.6 Å². The lowest BCUT2D eigenvalue weighted by atomic mass is 10.1. The first kappa shape index (κ1) is 19.3. The van der Waals surface area contributed by atoms with Gasteiger partial charge in [0.25, 0.3) is 0 Å². The summed E-state index contributed by atoms with van der Waals surface area (Å²) in [6.45, 7) is 2.61. The lowest BCUT2D eigenvalue weighted by Gasteiger charge is -2.33. The fraction of sp³-hybridized carbons (Fsp3) is 0.333. The first-order valence-electron chi connectivity index (χ1n) is 9.25. The average Bonchev–Trinajstić information content (AvgIpc) is 3.19. The Kier molecular flexibility index (Phi) is 7.19. The van der Waals surface area contributed by atoms with Crippen LogP contribution < -0.4 is 10.6 Å². The molecule has 1 aliphatic rings. The van der Waals surface area contributed by atoms with Gasteiger partial charge in [-0.15, -0.1) is 11.3 Å². The third-order valence-electron chi connectivity index (χ3n) is 4.54. The summed E-state index contributed by atoms with van der Waals surface area (Å²) in [6, 6.07) is 13.7. The predicted octanol–water partition coefficient (Wildman–Crippen LogP) is 2.31. The monoisotopic (exact) mass is 383 g/mol. The lowest BCUT2D eigenvalue weighted by molar-refractivity contribution is -0.133. The lowest BCUT2D eigenvalue weighted by Crippen LogP contribution is -2.56. The Morgan fingerprint density at radius 3 is 2.89 bits per heavy atom. The molecule has 27 heavy (non-hydrogen) atoms. The maximum absolute atomic E-state index is 12.3. The van der Waals surface area contributed by atoms with Crippen molar-refractivity contribution in [3.05, 3.63) is 64.4 Å². The minimum Gasteiger partial charge on any atom is -0.356 e. The Balaban J connectivity index is 1.50. The van der Waals surface area contributed by atoms with Gasteiger partial charge in [-0.2, -0.15) is 0 Å². The molecule has 1 aromatic carbocycles. The van der Waals surface area contributed by atoms with E-state index in [-0.39, 0.29) is 18.2 Å². The van der Waals surface area contributed by atoms with Crippen molar-refractivity contribution in [1.82, 2.24) is 15.5 Å². The first-order valence-corrected chi connectivity index (χ1v) is 10.1. The Bertz CT molecular complexity index is 759. The van der Waals surface area contributed by atoms with E-state index in [1.807, 2.05) is 47.9 Å². The normalized spacial score (nSPS) is 17.8. The molecule has 0 spiro atoms. The second-order valence-corrected chi connectivity index (χ2v) is 7.53. The minimum absolute atomic E-state index is 0.0669. The molecule has 0 saturated carbocycles. The van der Waals surface area contributed by atoms with Crippen LogP contribution in [0.5, 0.6) is 0 Å². The van der Waals surface area contributed by atoms with Crippen LogP contribution in [0.4, 0.5) is 0 Å². The highest BCUT2D eigenvalue weighted by Crippen LogP contribution is 2.11. The molecule has 1 unspecified atom stereocenters. The summed E-state index contributed by atoms with van der Waals surface area (Å²) in [6.07, 6.45) is 5.11. The molecule has 0 radical (unpaired) electrons. The molecule has 1 fully saturated rings. The molecule has 2 heterocycles. The van der Waals surface area contributed by atoms with Crippen LogP contribution in [0.3, 0.4) is 0 Å². The van der Waals surface area contributed by atoms with E-state index in [1.54, 1.807) is 11.3 Å². The van der Waals surface area contributed by atoms with Crippen molar-refractivity contribution in [1.29, 1.82) is 0 Å². The maximum Gasteiger partial charge on any atom is 0.237 e. The van der Waals surface area contributed by atoms with E-state index in [0.717, 1.165) is 18.5 Å². The van der Waals surface area contributed by atoms with Crippen molar-refractivity contribution in [2.24, 2.45) is 0 Å². The van der Waals surface area contributed by atoms with E-state index in [9.17, 15) is 9.59 Å². The molecule has 2 amide bonds. The smallest absolute Gasteiger partial charge is 0.237 e. The molecular formula is C21H25N3O2S. The first-order chi connectivity index (χ1) is 13.2. The van der Waals surface area contributed by atoms with E-state index in [4.69, 9.17) is 0 Å². The fourth-order valence-corrected chi connectivity index (χ4v) is 3.83. The van der Waals surface area contributed by atoms with Gasteiger partial charge in [-0.05, 0) is 23.4 Å². The van der Waals surface area contributed by atoms with E-state index in [2.05, 4.69) is 27.7 Å². The van der Waals surface area contributed by atoms with Crippen LogP contribution in [0.1, 0.15) is 16.9 Å². The van der Waals surface area contributed by atoms with E-state index in [0.29, 0.717) is 19.6 Å². The molecule has 3 rings (SSSR count). The van der Waals surface area contributed by atoms with Gasteiger partial charge in [0.1, 0.15) is 0 Å². The summed E-state index contributed by atoms with van der Waals surface area (Å²) in [5, 5.41) is 7.84. The summed E-state index contributed by atoms with van der Waals surface area (Å²) in [4.78, 5) is 27.9. The second-order valence-electron chi connectivity index (χ2n) is 6.50. The van der Waals surface area contributed by atoms with Gasteiger partial charge < -0.3 is 10.6 Å². The van der Waals surface area contributed by atoms with Crippen LogP contribution in [0.15, 0.2) is 53.9 Å². The van der Waals surface area contributed by atoms with Crippen LogP contribution in [-0.4, -0.2) is 48.9 Å². The van der Waals surface area contributed by atoms with Gasteiger partial charge in [0.05, 0.1) is 12.5 Å². The predicted molar refractivity (Wildman–Crippen MR) is 109 cm³/mol. The van der Waals surface area contributed by atoms with Gasteiger partial charge in [-0.25, -0.2) is 0 Å². The molecule has 2 aromatic rings. The minimum atomic E-state index is -0.416. The van der Waals surface area contributed by atoms with Crippen LogP contribution >= 0.6 is 11.3 Å². The van der Waals surface area contributed by atoms with Crippen molar-refractivity contribution in [2.45, 2.75) is 18.9 Å². The summed E-state index contributed by atoms with van der Waals surface area (Å²) in [7, 11) is 0. The van der Waals surface area contributed by atoms with Gasteiger partial charge in [0.15, 0.2) is 0 Å². The molecule has 6 heteroatoms. The maximum atomic E-state index is 12.3. The van der Waals surface area contributed by atoms with Gasteiger partial charge in [0, 0.05) is 31.1 Å². The van der Waals surface area contributed by atoms with Crippen LogP contribution in [0, 0.1) is 0 Å². The Morgan fingerprint density at radius 1 is 1.26 bits per heavy atom. The molecule has 0 bridgehead atoms. The molecule has 5 nitrogen and oxygen atoms in total. The summed E-state index contributed by atoms with van der Waals surface area (Å²) < 4.78 is 0. The number of rotatable bonds is 8. The van der Waals surface area contributed by atoms with Crippen molar-refractivity contribution in [3.8, 4) is 0 Å². The van der Waals surface area contributed by atoms with Crippen LogP contribution in [-0.2, 0) is 16.0 Å². The molecule has 1 aliphatic heterocycles. The highest BCUT2D eigenvalue weighted by atomic mass is 32.1. The zero-order chi connectivity index (χ0) is 18.9. The number of hydrogen-bond donors (Lipinski definition) is 2. The van der Waals surface area contributed by atoms with Crippen molar-refractivity contribution in [3.63, 3.8) is 0 Å². The molecule has 142 valence electrons. The van der Waals surface area contributed by atoms with E-state index < -0.39 is 6.04 Å². The Hall–Kier alpha value is -2.44. The Labute approximate surface area is 164 Å². The van der Waals surface area contributed by atoms with E-state index >= 15 is 0 Å². The molecular weight excluding hydrogens is 358 g/mol. The topological polar surface area (TPSA) is 61.4 Å². The standard InChI is InChI=1S/C21H25N3O2S/c25-20(22-11-10-18-9-5-15-27-18)16-19-21(26)23-12-14-24(19)13-4-8-17-6-2-1-3-7-17/h1-9,15,19H,10-14,16H2,(H,22,25)(H,23,26)/b8-4+. The average molecular weight is 384 g/mol. The third kappa shape index (κ3) is 6.05. The number of hydrogen-bond acceptors (Lipinski definition) is 4. The van der Waals surface area contributed by atoms with Crippen LogP contribution in [0.25, 0.3) is 6.08 Å². The number of nitrogens with zero attached hydrogens (tertiary/aromatic N) is 1. The number of benzene rings is 1. The van der Waals surface area contributed by atoms with E-state index in [1.165, 1.54) is 4.88 Å². The molecule has 2 N–H and O–H groups in total. The third-order valence-corrected chi connectivity index (χ3v) is 5.48. The highest BCUT2D eigenvalue weighted by Gasteiger charge is 2.30. The summed E-state index contributed by atoms with van der Waals surface area (Å²) in [5.41, 5.74) is 1.13. The number of amides is 2. The molecule has 1 atom stereocenters. The molecule has 1 aromatic heterocycles. The van der Waals surface area contributed by atoms with Crippen molar-refractivity contribution >= 4 is 29.2 Å². The number of thiophene rings is 1. The number of nitrogens with one attached hydrogen (secondary N) is 2.